The number of allylic oxidation sites excluding steroid dienone is 3. The zero-order valence-corrected chi connectivity index (χ0v) is 9.29. The van der Waals surface area contributed by atoms with Crippen LogP contribution in [0.1, 0.15) is 18.1 Å². The standard InChI is InChI=1S/C14H16O/c1-4-13(5-2)14(15)10-12-8-6-11(3)7-9-12/h4-9H,1,10H2,2-3H3/b13-5+. The van der Waals surface area contributed by atoms with Gasteiger partial charge in [-0.05, 0) is 19.4 Å². The molecule has 1 heteroatoms. The second-order valence-corrected chi connectivity index (χ2v) is 3.53. The minimum absolute atomic E-state index is 0.122. The molecule has 0 amide bonds. The molecule has 0 fully saturated rings. The van der Waals surface area contributed by atoms with E-state index in [1.54, 1.807) is 12.2 Å². The van der Waals surface area contributed by atoms with Crippen molar-refractivity contribution in [1.82, 2.24) is 0 Å². The molecule has 1 aromatic rings. The molecule has 0 spiro atoms. The van der Waals surface area contributed by atoms with E-state index in [2.05, 4.69) is 6.58 Å². The van der Waals surface area contributed by atoms with E-state index in [-0.39, 0.29) is 5.78 Å². The fourth-order valence-corrected chi connectivity index (χ4v) is 1.39. The summed E-state index contributed by atoms with van der Waals surface area (Å²) < 4.78 is 0. The SMILES string of the molecule is C=C/C(=C\C)C(=O)Cc1ccc(C)cc1. The second-order valence-electron chi connectivity index (χ2n) is 3.53. The summed E-state index contributed by atoms with van der Waals surface area (Å²) in [6.07, 6.45) is 3.85. The van der Waals surface area contributed by atoms with Crippen molar-refractivity contribution in [2.75, 3.05) is 0 Å². The average Bonchev–Trinajstić information content (AvgIpc) is 2.23. The highest BCUT2D eigenvalue weighted by atomic mass is 16.1. The number of carbonyl (C=O) groups excluding carboxylic acids is 1. The number of ketones is 1. The highest BCUT2D eigenvalue weighted by Gasteiger charge is 2.05. The molecule has 0 saturated carbocycles. The molecule has 1 nitrogen and oxygen atoms in total. The lowest BCUT2D eigenvalue weighted by atomic mass is 10.0. The summed E-state index contributed by atoms with van der Waals surface area (Å²) in [5, 5.41) is 0. The summed E-state index contributed by atoms with van der Waals surface area (Å²) in [6, 6.07) is 8.02. The maximum atomic E-state index is 11.7. The molecule has 0 saturated heterocycles. The fourth-order valence-electron chi connectivity index (χ4n) is 1.39. The maximum absolute atomic E-state index is 11.7. The largest absolute Gasteiger partial charge is 0.294 e. The van der Waals surface area contributed by atoms with E-state index < -0.39 is 0 Å². The predicted octanol–water partition coefficient (Wildman–Crippen LogP) is 3.24. The minimum Gasteiger partial charge on any atom is -0.294 e. The Kier molecular flexibility index (Phi) is 4.04. The van der Waals surface area contributed by atoms with Gasteiger partial charge in [0.1, 0.15) is 0 Å². The lowest BCUT2D eigenvalue weighted by molar-refractivity contribution is -0.114. The second kappa shape index (κ2) is 5.30. The first-order valence-corrected chi connectivity index (χ1v) is 5.05. The molecule has 0 aliphatic heterocycles. The summed E-state index contributed by atoms with van der Waals surface area (Å²) in [7, 11) is 0. The van der Waals surface area contributed by atoms with E-state index in [1.807, 2.05) is 38.1 Å². The number of Topliss-reactive ketones (excluding diaryl/α,β-unsaturated/α-hetero) is 1. The van der Waals surface area contributed by atoms with E-state index in [0.717, 1.165) is 5.56 Å². The molecule has 0 radical (unpaired) electrons. The topological polar surface area (TPSA) is 17.1 Å². The zero-order valence-electron chi connectivity index (χ0n) is 9.29. The summed E-state index contributed by atoms with van der Waals surface area (Å²) >= 11 is 0. The van der Waals surface area contributed by atoms with Crippen LogP contribution in [-0.2, 0) is 11.2 Å². The number of carbonyl (C=O) groups is 1. The van der Waals surface area contributed by atoms with E-state index in [1.165, 1.54) is 5.56 Å². The smallest absolute Gasteiger partial charge is 0.166 e. The molecule has 0 unspecified atom stereocenters. The summed E-state index contributed by atoms with van der Waals surface area (Å²) in [6.45, 7) is 7.51. The lowest BCUT2D eigenvalue weighted by Gasteiger charge is -2.02. The molecule has 0 aliphatic carbocycles. The van der Waals surface area contributed by atoms with Crippen molar-refractivity contribution in [3.8, 4) is 0 Å². The molecule has 78 valence electrons. The summed E-state index contributed by atoms with van der Waals surface area (Å²) in [5.41, 5.74) is 2.95. The molecule has 1 aromatic carbocycles. The molecule has 0 heterocycles. The van der Waals surface area contributed by atoms with Crippen molar-refractivity contribution in [2.45, 2.75) is 20.3 Å². The molecule has 1 rings (SSSR count). The first-order chi connectivity index (χ1) is 7.17. The van der Waals surface area contributed by atoms with Crippen molar-refractivity contribution in [3.05, 3.63) is 59.7 Å². The van der Waals surface area contributed by atoms with Gasteiger partial charge in [-0.3, -0.25) is 4.79 Å². The summed E-state index contributed by atoms with van der Waals surface area (Å²) in [5.74, 6) is 0.122. The van der Waals surface area contributed by atoms with E-state index >= 15 is 0 Å². The highest BCUT2D eigenvalue weighted by Crippen LogP contribution is 2.08. The van der Waals surface area contributed by atoms with Crippen molar-refractivity contribution in [3.63, 3.8) is 0 Å². The Morgan fingerprint density at radius 1 is 1.33 bits per heavy atom. The zero-order chi connectivity index (χ0) is 11.3. The van der Waals surface area contributed by atoms with Crippen molar-refractivity contribution in [2.24, 2.45) is 0 Å². The van der Waals surface area contributed by atoms with Gasteiger partial charge in [-0.2, -0.15) is 0 Å². The van der Waals surface area contributed by atoms with E-state index in [0.29, 0.717) is 12.0 Å². The monoisotopic (exact) mass is 200 g/mol. The Balaban J connectivity index is 2.74. The Morgan fingerprint density at radius 2 is 1.93 bits per heavy atom. The van der Waals surface area contributed by atoms with Crippen LogP contribution in [0.3, 0.4) is 0 Å². The number of hydrogen-bond acceptors (Lipinski definition) is 1. The minimum atomic E-state index is 0.122. The van der Waals surface area contributed by atoms with Crippen LogP contribution in [0.5, 0.6) is 0 Å². The van der Waals surface area contributed by atoms with Gasteiger partial charge < -0.3 is 0 Å². The van der Waals surface area contributed by atoms with Gasteiger partial charge in [0, 0.05) is 12.0 Å². The quantitative estimate of drug-likeness (QED) is 0.538. The number of aryl methyl sites for hydroxylation is 1. The molecule has 15 heavy (non-hydrogen) atoms. The third-order valence-corrected chi connectivity index (χ3v) is 2.34. The predicted molar refractivity (Wildman–Crippen MR) is 63.8 cm³/mol. The van der Waals surface area contributed by atoms with Crippen LogP contribution >= 0.6 is 0 Å². The van der Waals surface area contributed by atoms with Gasteiger partial charge in [-0.25, -0.2) is 0 Å². The summed E-state index contributed by atoms with van der Waals surface area (Å²) in [4.78, 5) is 11.7. The van der Waals surface area contributed by atoms with E-state index in [9.17, 15) is 4.79 Å². The van der Waals surface area contributed by atoms with Crippen LogP contribution in [0.15, 0.2) is 48.6 Å². The fraction of sp³-hybridized carbons (Fsp3) is 0.214. The van der Waals surface area contributed by atoms with Crippen molar-refractivity contribution in [1.29, 1.82) is 0 Å². The number of hydrogen-bond donors (Lipinski definition) is 0. The van der Waals surface area contributed by atoms with Gasteiger partial charge in [0.25, 0.3) is 0 Å². The average molecular weight is 200 g/mol. The van der Waals surface area contributed by atoms with Gasteiger partial charge in [0.05, 0.1) is 0 Å². The third-order valence-electron chi connectivity index (χ3n) is 2.34. The van der Waals surface area contributed by atoms with Crippen LogP contribution in [0.25, 0.3) is 0 Å². The molecule has 0 bridgehead atoms. The number of benzene rings is 1. The van der Waals surface area contributed by atoms with Gasteiger partial charge in [-0.15, -0.1) is 0 Å². The highest BCUT2D eigenvalue weighted by molar-refractivity contribution is 5.99. The van der Waals surface area contributed by atoms with E-state index in [4.69, 9.17) is 0 Å². The lowest BCUT2D eigenvalue weighted by Crippen LogP contribution is -2.04. The Bertz CT molecular complexity index is 382. The maximum Gasteiger partial charge on any atom is 0.166 e. The van der Waals surface area contributed by atoms with Crippen LogP contribution in [0.2, 0.25) is 0 Å². The van der Waals surface area contributed by atoms with Gasteiger partial charge in [0.2, 0.25) is 0 Å². The molecule has 0 aliphatic rings. The Morgan fingerprint density at radius 3 is 2.40 bits per heavy atom. The van der Waals surface area contributed by atoms with Gasteiger partial charge in [-0.1, -0.05) is 48.6 Å². The molecule has 0 N–H and O–H groups in total. The third kappa shape index (κ3) is 3.21. The van der Waals surface area contributed by atoms with Crippen molar-refractivity contribution < 1.29 is 4.79 Å². The van der Waals surface area contributed by atoms with Gasteiger partial charge >= 0.3 is 0 Å². The van der Waals surface area contributed by atoms with Gasteiger partial charge in [0.15, 0.2) is 5.78 Å². The van der Waals surface area contributed by atoms with Crippen LogP contribution in [0, 0.1) is 6.92 Å². The Hall–Kier alpha value is -1.63. The van der Waals surface area contributed by atoms with Crippen LogP contribution in [-0.4, -0.2) is 5.78 Å². The Labute approximate surface area is 91.1 Å². The number of rotatable bonds is 4. The molecule has 0 aromatic heterocycles. The first kappa shape index (κ1) is 11.4. The van der Waals surface area contributed by atoms with Crippen LogP contribution < -0.4 is 0 Å². The van der Waals surface area contributed by atoms with Crippen molar-refractivity contribution >= 4 is 5.78 Å². The molecular weight excluding hydrogens is 184 g/mol. The normalized spacial score (nSPS) is 11.2. The first-order valence-electron chi connectivity index (χ1n) is 5.05. The van der Waals surface area contributed by atoms with Crippen LogP contribution in [0.4, 0.5) is 0 Å². The molecular formula is C14H16O. The molecule has 0 atom stereocenters.